The van der Waals surface area contributed by atoms with E-state index in [1.54, 1.807) is 43.3 Å². The number of nitrogens with one attached hydrogen (secondary N) is 1. The minimum atomic E-state index is -1.72. The number of aryl methyl sites for hydroxylation is 1. The molecule has 12 nitrogen and oxygen atoms in total. The van der Waals surface area contributed by atoms with Crippen LogP contribution in [0.2, 0.25) is 0 Å². The number of carbonyl (C=O) groups is 1. The number of amides is 1. The Kier molecular flexibility index (Phi) is 9.30. The van der Waals surface area contributed by atoms with E-state index >= 15 is 0 Å². The predicted molar refractivity (Wildman–Crippen MR) is 141 cm³/mol. The first-order chi connectivity index (χ1) is 19.2. The molecule has 1 fully saturated rings. The van der Waals surface area contributed by atoms with Crippen LogP contribution >= 0.6 is 0 Å². The molecule has 3 aromatic carbocycles. The number of benzene rings is 3. The zero-order valence-electron chi connectivity index (χ0n) is 21.5. The molecule has 1 amide bonds. The van der Waals surface area contributed by atoms with Crippen LogP contribution in [0.15, 0.2) is 60.7 Å². The minimum Gasteiger partial charge on any atom is -0.507 e. The Morgan fingerprint density at radius 2 is 1.50 bits per heavy atom. The molecular weight excluding hydrogens is 526 g/mol. The average molecular weight is 558 g/mol. The third-order valence-electron chi connectivity index (χ3n) is 6.25. The third-order valence-corrected chi connectivity index (χ3v) is 6.25. The quantitative estimate of drug-likeness (QED) is 0.178. The van der Waals surface area contributed by atoms with Crippen molar-refractivity contribution in [1.82, 2.24) is 0 Å². The van der Waals surface area contributed by atoms with Crippen LogP contribution in [0.4, 0.5) is 5.69 Å². The molecule has 1 aliphatic rings. The molecular formula is C28H31NO11. The van der Waals surface area contributed by atoms with E-state index in [2.05, 4.69) is 5.32 Å². The molecule has 0 spiro atoms. The maximum absolute atomic E-state index is 12.7. The number of hydrogen-bond donors (Lipinski definition) is 7. The van der Waals surface area contributed by atoms with Gasteiger partial charge < -0.3 is 54.9 Å². The number of aliphatic hydroxyl groups excluding tert-OH is 4. The molecule has 40 heavy (non-hydrogen) atoms. The molecule has 1 heterocycles. The summed E-state index contributed by atoms with van der Waals surface area (Å²) in [6, 6.07) is 16.0. The molecule has 214 valence electrons. The summed E-state index contributed by atoms with van der Waals surface area (Å²) in [4.78, 5) is 12.7. The van der Waals surface area contributed by atoms with E-state index in [0.29, 0.717) is 17.0 Å². The Morgan fingerprint density at radius 1 is 0.825 bits per heavy atom. The van der Waals surface area contributed by atoms with E-state index in [1.165, 1.54) is 24.3 Å². The second kappa shape index (κ2) is 12.9. The van der Waals surface area contributed by atoms with Crippen molar-refractivity contribution < 1.29 is 54.4 Å². The topological polar surface area (TPSA) is 187 Å². The van der Waals surface area contributed by atoms with Crippen LogP contribution in [0.3, 0.4) is 0 Å². The van der Waals surface area contributed by atoms with Gasteiger partial charge in [-0.3, -0.25) is 4.79 Å². The Hall–Kier alpha value is -4.07. The van der Waals surface area contributed by atoms with Crippen molar-refractivity contribution in [3.05, 3.63) is 71.8 Å². The Bertz CT molecular complexity index is 1320. The third kappa shape index (κ3) is 6.55. The molecule has 0 bridgehead atoms. The molecule has 1 aliphatic heterocycles. The largest absolute Gasteiger partial charge is 0.507 e. The van der Waals surface area contributed by atoms with Gasteiger partial charge in [-0.15, -0.1) is 0 Å². The molecule has 0 saturated carbocycles. The highest BCUT2D eigenvalue weighted by Crippen LogP contribution is 2.37. The van der Waals surface area contributed by atoms with Crippen molar-refractivity contribution in [3.63, 3.8) is 0 Å². The highest BCUT2D eigenvalue weighted by atomic mass is 16.6. The van der Waals surface area contributed by atoms with Gasteiger partial charge in [0.15, 0.2) is 17.8 Å². The lowest BCUT2D eigenvalue weighted by atomic mass is 9.99. The van der Waals surface area contributed by atoms with E-state index in [-0.39, 0.29) is 48.4 Å². The van der Waals surface area contributed by atoms with Crippen LogP contribution in [0, 0.1) is 6.92 Å². The van der Waals surface area contributed by atoms with E-state index in [1.807, 2.05) is 0 Å². The molecule has 5 atom stereocenters. The zero-order chi connectivity index (χ0) is 28.8. The lowest BCUT2D eigenvalue weighted by molar-refractivity contribution is -0.285. The van der Waals surface area contributed by atoms with Crippen LogP contribution in [0.1, 0.15) is 15.9 Å². The number of phenols is 2. The smallest absolute Gasteiger partial charge is 0.259 e. The maximum atomic E-state index is 12.7. The fraction of sp³-hybridized carbons (Fsp3) is 0.321. The molecule has 0 aromatic heterocycles. The second-order valence-corrected chi connectivity index (χ2v) is 9.07. The first-order valence-corrected chi connectivity index (χ1v) is 12.4. The summed E-state index contributed by atoms with van der Waals surface area (Å²) in [7, 11) is 0. The summed E-state index contributed by atoms with van der Waals surface area (Å²) in [5.41, 5.74) is 1.08. The van der Waals surface area contributed by atoms with Gasteiger partial charge >= 0.3 is 0 Å². The number of hydrogen-bond acceptors (Lipinski definition) is 11. The van der Waals surface area contributed by atoms with Crippen LogP contribution in [-0.4, -0.2) is 87.1 Å². The van der Waals surface area contributed by atoms with E-state index in [0.717, 1.165) is 0 Å². The van der Waals surface area contributed by atoms with E-state index in [4.69, 9.17) is 18.9 Å². The lowest BCUT2D eigenvalue weighted by Gasteiger charge is -2.38. The van der Waals surface area contributed by atoms with Gasteiger partial charge in [0.1, 0.15) is 55.7 Å². The Balaban J connectivity index is 1.34. The lowest BCUT2D eigenvalue weighted by Crippen LogP contribution is -2.58. The first kappa shape index (κ1) is 28.9. The first-order valence-electron chi connectivity index (χ1n) is 12.4. The van der Waals surface area contributed by atoms with Gasteiger partial charge in [0.2, 0.25) is 5.75 Å². The second-order valence-electron chi connectivity index (χ2n) is 9.07. The van der Waals surface area contributed by atoms with Crippen molar-refractivity contribution in [2.75, 3.05) is 25.1 Å². The van der Waals surface area contributed by atoms with Crippen molar-refractivity contribution in [2.24, 2.45) is 0 Å². The highest BCUT2D eigenvalue weighted by molar-refractivity contribution is 6.07. The standard InChI is InChI=1S/C28H31NO11/c1-15-6-4-7-16(22(15)31)27(35)29-17-8-2-3-10-19(17)37-12-13-38-20-11-5-9-18(30)26(20)39-14-21-23(32)24(33)25(34)28(36)40-21/h2-11,21,23-25,28,30-34,36H,12-14H2,1H3,(H,29,35)/t21-,23-,24+,25-,28-/m1/s1. The van der Waals surface area contributed by atoms with Crippen molar-refractivity contribution >= 4 is 11.6 Å². The Labute approximate surface area is 229 Å². The summed E-state index contributed by atoms with van der Waals surface area (Å²) in [6.45, 7) is 1.36. The van der Waals surface area contributed by atoms with Gasteiger partial charge in [0.05, 0.1) is 11.3 Å². The summed E-state index contributed by atoms with van der Waals surface area (Å²) in [6.07, 6.45) is -7.79. The summed E-state index contributed by atoms with van der Waals surface area (Å²) < 4.78 is 22.2. The van der Waals surface area contributed by atoms with Crippen molar-refractivity contribution in [2.45, 2.75) is 37.6 Å². The van der Waals surface area contributed by atoms with Gasteiger partial charge in [0.25, 0.3) is 5.91 Å². The number of phenolic OH excluding ortho intramolecular Hbond substituents is 2. The van der Waals surface area contributed by atoms with Gasteiger partial charge in [0, 0.05) is 0 Å². The minimum absolute atomic E-state index is 0.00688. The molecule has 0 unspecified atom stereocenters. The average Bonchev–Trinajstić information content (AvgIpc) is 2.94. The maximum Gasteiger partial charge on any atom is 0.259 e. The van der Waals surface area contributed by atoms with Gasteiger partial charge in [-0.1, -0.05) is 30.3 Å². The SMILES string of the molecule is Cc1cccc(C(=O)Nc2ccccc2OCCOc2cccc(O)c2OC[C@H]2O[C@@H](O)[C@H](O)[C@@H](O)[C@@H]2O)c1O. The monoisotopic (exact) mass is 557 g/mol. The number of anilines is 1. The summed E-state index contributed by atoms with van der Waals surface area (Å²) >= 11 is 0. The number of aliphatic hydroxyl groups is 4. The van der Waals surface area contributed by atoms with Gasteiger partial charge in [-0.2, -0.15) is 0 Å². The number of carbonyl (C=O) groups excluding carboxylic acids is 1. The van der Waals surface area contributed by atoms with Crippen LogP contribution in [-0.2, 0) is 4.74 Å². The normalized spacial score (nSPS) is 22.4. The molecule has 3 aromatic rings. The van der Waals surface area contributed by atoms with Gasteiger partial charge in [-0.05, 0) is 42.8 Å². The molecule has 12 heteroatoms. The molecule has 1 saturated heterocycles. The summed E-state index contributed by atoms with van der Waals surface area (Å²) in [5.74, 6) is -0.438. The highest BCUT2D eigenvalue weighted by Gasteiger charge is 2.43. The fourth-order valence-corrected chi connectivity index (χ4v) is 4.03. The predicted octanol–water partition coefficient (Wildman–Crippen LogP) is 1.30. The number of aromatic hydroxyl groups is 2. The van der Waals surface area contributed by atoms with E-state index in [9.17, 15) is 35.4 Å². The van der Waals surface area contributed by atoms with Crippen molar-refractivity contribution in [1.29, 1.82) is 0 Å². The van der Waals surface area contributed by atoms with Crippen molar-refractivity contribution in [3.8, 4) is 28.7 Å². The molecule has 0 radical (unpaired) electrons. The van der Waals surface area contributed by atoms with E-state index < -0.39 is 36.6 Å². The summed E-state index contributed by atoms with van der Waals surface area (Å²) in [5, 5.41) is 62.5. The van der Waals surface area contributed by atoms with Crippen LogP contribution in [0.25, 0.3) is 0 Å². The van der Waals surface area contributed by atoms with Crippen LogP contribution < -0.4 is 19.5 Å². The number of rotatable bonds is 10. The van der Waals surface area contributed by atoms with Crippen LogP contribution in [0.5, 0.6) is 28.7 Å². The Morgan fingerprint density at radius 3 is 2.27 bits per heavy atom. The zero-order valence-corrected chi connectivity index (χ0v) is 21.5. The fourth-order valence-electron chi connectivity index (χ4n) is 4.03. The molecule has 7 N–H and O–H groups in total. The van der Waals surface area contributed by atoms with Gasteiger partial charge in [-0.25, -0.2) is 0 Å². The molecule has 0 aliphatic carbocycles. The molecule has 4 rings (SSSR count). The number of para-hydroxylation sites is 4. The number of ether oxygens (including phenoxy) is 4.